The fourth-order valence-electron chi connectivity index (χ4n) is 3.26. The maximum atomic E-state index is 11.8. The molecule has 4 rings (SSSR count). The van der Waals surface area contributed by atoms with E-state index in [2.05, 4.69) is 20.6 Å². The van der Waals surface area contributed by atoms with E-state index in [9.17, 15) is 9.59 Å². The first kappa shape index (κ1) is 17.3. The summed E-state index contributed by atoms with van der Waals surface area (Å²) >= 11 is 1.26. The highest BCUT2D eigenvalue weighted by molar-refractivity contribution is 7.21. The average Bonchev–Trinajstić information content (AvgIpc) is 3.22. The van der Waals surface area contributed by atoms with E-state index >= 15 is 0 Å². The second-order valence-electron chi connectivity index (χ2n) is 6.31. The highest BCUT2D eigenvalue weighted by Crippen LogP contribution is 2.36. The molecule has 1 aliphatic heterocycles. The van der Waals surface area contributed by atoms with Gasteiger partial charge in [-0.1, -0.05) is 11.3 Å². The lowest BCUT2D eigenvalue weighted by Gasteiger charge is -2.15. The van der Waals surface area contributed by atoms with E-state index in [1.54, 1.807) is 12.1 Å². The van der Waals surface area contributed by atoms with Crippen LogP contribution in [0.5, 0.6) is 5.75 Å². The van der Waals surface area contributed by atoms with Gasteiger partial charge in [-0.05, 0) is 18.6 Å². The molecule has 3 aromatic rings. The Kier molecular flexibility index (Phi) is 4.19. The van der Waals surface area contributed by atoms with Crippen molar-refractivity contribution in [2.45, 2.75) is 18.9 Å². The van der Waals surface area contributed by atoms with Crippen molar-refractivity contribution in [1.82, 2.24) is 15.3 Å². The van der Waals surface area contributed by atoms with Gasteiger partial charge >= 0.3 is 0 Å². The third-order valence-corrected chi connectivity index (χ3v) is 5.33. The number of hydrogen-bond donors (Lipinski definition) is 4. The Balaban J connectivity index is 1.85. The summed E-state index contributed by atoms with van der Waals surface area (Å²) in [6.45, 7) is 0.535. The first-order valence-corrected chi connectivity index (χ1v) is 9.18. The van der Waals surface area contributed by atoms with Crippen molar-refractivity contribution in [3.05, 3.63) is 17.7 Å². The van der Waals surface area contributed by atoms with Crippen molar-refractivity contribution in [2.24, 2.45) is 5.73 Å². The average molecular weight is 386 g/mol. The summed E-state index contributed by atoms with van der Waals surface area (Å²) in [5.41, 5.74) is 12.2. The number of rotatable bonds is 5. The number of aromatic nitrogens is 2. The molecule has 9 nitrogen and oxygen atoms in total. The molecule has 1 aliphatic rings. The molecule has 2 amide bonds. The molecule has 10 heteroatoms. The quantitative estimate of drug-likeness (QED) is 0.516. The fourth-order valence-corrected chi connectivity index (χ4v) is 3.98. The number of carbonyl (C=O) groups excluding carboxylic acids is 2. The summed E-state index contributed by atoms with van der Waals surface area (Å²) < 4.78 is 5.32. The van der Waals surface area contributed by atoms with Crippen LogP contribution in [0.4, 0.5) is 10.9 Å². The van der Waals surface area contributed by atoms with E-state index in [0.717, 1.165) is 11.8 Å². The number of nitrogen functional groups attached to an aromatic ring is 1. The topological polar surface area (TPSA) is 145 Å². The van der Waals surface area contributed by atoms with Crippen molar-refractivity contribution in [3.63, 3.8) is 0 Å². The molecule has 0 saturated carbocycles. The zero-order valence-corrected chi connectivity index (χ0v) is 15.4. The van der Waals surface area contributed by atoms with Gasteiger partial charge in [-0.25, -0.2) is 9.97 Å². The Morgan fingerprint density at radius 1 is 1.41 bits per heavy atom. The number of hydrogen-bond acceptors (Lipinski definition) is 8. The Labute approximate surface area is 158 Å². The van der Waals surface area contributed by atoms with Crippen LogP contribution in [0.25, 0.3) is 21.1 Å². The lowest BCUT2D eigenvalue weighted by Crippen LogP contribution is -2.32. The molecule has 140 valence electrons. The summed E-state index contributed by atoms with van der Waals surface area (Å²) in [4.78, 5) is 32.8. The van der Waals surface area contributed by atoms with Crippen LogP contribution in [0.3, 0.4) is 0 Å². The lowest BCUT2D eigenvalue weighted by molar-refractivity contribution is -0.119. The first-order chi connectivity index (χ1) is 13.0. The minimum atomic E-state index is -0.593. The summed E-state index contributed by atoms with van der Waals surface area (Å²) in [7, 11) is 1.47. The van der Waals surface area contributed by atoms with E-state index < -0.39 is 5.91 Å². The van der Waals surface area contributed by atoms with Crippen molar-refractivity contribution in [3.8, 4) is 5.75 Å². The fraction of sp³-hybridized carbons (Fsp3) is 0.294. The van der Waals surface area contributed by atoms with Crippen molar-refractivity contribution in [2.75, 3.05) is 24.7 Å². The Morgan fingerprint density at radius 2 is 2.22 bits per heavy atom. The van der Waals surface area contributed by atoms with Gasteiger partial charge in [-0.2, -0.15) is 0 Å². The highest BCUT2D eigenvalue weighted by Gasteiger charge is 2.22. The van der Waals surface area contributed by atoms with Crippen LogP contribution < -0.4 is 26.8 Å². The number of methoxy groups -OCH3 is 1. The standard InChI is InChI=1S/C17H18N6O3S/c1-26-11-5-9-8(4-10(11)14(18)25)13-16(27-17(19)22-13)23-15(9)20-6-7-2-3-12(24)21-7/h4-5,7H,2-3,6H2,1H3,(H2,18,25)(H2,19,22)(H,20,23)(H,21,24)/t7-/m0/s1. The van der Waals surface area contributed by atoms with Gasteiger partial charge in [0.25, 0.3) is 5.91 Å². The molecule has 1 fully saturated rings. The Bertz CT molecular complexity index is 1080. The molecule has 0 unspecified atom stereocenters. The van der Waals surface area contributed by atoms with Gasteiger partial charge in [0.15, 0.2) is 5.13 Å². The Morgan fingerprint density at radius 3 is 2.89 bits per heavy atom. The molecule has 2 aromatic heterocycles. The van der Waals surface area contributed by atoms with E-state index in [1.165, 1.54) is 18.4 Å². The number of anilines is 2. The number of nitrogens with zero attached hydrogens (tertiary/aromatic N) is 2. The number of fused-ring (bicyclic) bond motifs is 3. The smallest absolute Gasteiger partial charge is 0.252 e. The van der Waals surface area contributed by atoms with E-state index in [0.29, 0.717) is 45.4 Å². The molecular formula is C17H18N6O3S. The molecule has 1 saturated heterocycles. The highest BCUT2D eigenvalue weighted by atomic mass is 32.1. The predicted octanol–water partition coefficient (Wildman–Crippen LogP) is 1.22. The van der Waals surface area contributed by atoms with Gasteiger partial charge in [0.2, 0.25) is 5.91 Å². The monoisotopic (exact) mass is 386 g/mol. The lowest BCUT2D eigenvalue weighted by atomic mass is 10.1. The summed E-state index contributed by atoms with van der Waals surface area (Å²) in [6.07, 6.45) is 1.30. The van der Waals surface area contributed by atoms with Gasteiger partial charge in [0, 0.05) is 29.8 Å². The second kappa shape index (κ2) is 6.54. The maximum Gasteiger partial charge on any atom is 0.252 e. The van der Waals surface area contributed by atoms with Crippen LogP contribution in [0, 0.1) is 0 Å². The van der Waals surface area contributed by atoms with Crippen LogP contribution in [-0.2, 0) is 4.79 Å². The van der Waals surface area contributed by atoms with Crippen LogP contribution in [0.1, 0.15) is 23.2 Å². The number of benzene rings is 1. The normalized spacial score (nSPS) is 16.6. The number of pyridine rings is 1. The Hall–Kier alpha value is -3.14. The van der Waals surface area contributed by atoms with Gasteiger partial charge in [-0.3, -0.25) is 9.59 Å². The summed E-state index contributed by atoms with van der Waals surface area (Å²) in [5.74, 6) is 0.427. The summed E-state index contributed by atoms with van der Waals surface area (Å²) in [5, 5.41) is 8.04. The number of nitrogens with two attached hydrogens (primary N) is 2. The molecule has 0 aliphatic carbocycles. The molecule has 1 atom stereocenters. The number of carbonyl (C=O) groups is 2. The van der Waals surface area contributed by atoms with Gasteiger partial charge in [0.05, 0.1) is 12.7 Å². The molecule has 0 bridgehead atoms. The minimum absolute atomic E-state index is 0.0448. The maximum absolute atomic E-state index is 11.8. The van der Waals surface area contributed by atoms with E-state index in [1.807, 2.05) is 0 Å². The first-order valence-electron chi connectivity index (χ1n) is 8.37. The molecule has 0 spiro atoms. The van der Waals surface area contributed by atoms with Crippen LogP contribution in [0.2, 0.25) is 0 Å². The third-order valence-electron chi connectivity index (χ3n) is 4.56. The van der Waals surface area contributed by atoms with Crippen LogP contribution in [-0.4, -0.2) is 41.5 Å². The number of amides is 2. The third kappa shape index (κ3) is 3.08. The molecule has 27 heavy (non-hydrogen) atoms. The predicted molar refractivity (Wildman–Crippen MR) is 104 cm³/mol. The van der Waals surface area contributed by atoms with Crippen LogP contribution >= 0.6 is 11.3 Å². The summed E-state index contributed by atoms with van der Waals surface area (Å²) in [6, 6.07) is 3.41. The van der Waals surface area contributed by atoms with Crippen molar-refractivity contribution < 1.29 is 14.3 Å². The largest absolute Gasteiger partial charge is 0.496 e. The minimum Gasteiger partial charge on any atom is -0.496 e. The zero-order valence-electron chi connectivity index (χ0n) is 14.5. The number of primary amides is 1. The van der Waals surface area contributed by atoms with E-state index in [-0.39, 0.29) is 17.5 Å². The molecule has 0 radical (unpaired) electrons. The molecular weight excluding hydrogens is 368 g/mol. The number of thiazole rings is 1. The second-order valence-corrected chi connectivity index (χ2v) is 7.32. The van der Waals surface area contributed by atoms with E-state index in [4.69, 9.17) is 16.2 Å². The van der Waals surface area contributed by atoms with Gasteiger partial charge < -0.3 is 26.8 Å². The van der Waals surface area contributed by atoms with Crippen molar-refractivity contribution in [1.29, 1.82) is 0 Å². The molecule has 1 aromatic carbocycles. The van der Waals surface area contributed by atoms with Crippen LogP contribution in [0.15, 0.2) is 12.1 Å². The SMILES string of the molecule is COc1cc2c(NC[C@@H]3CCC(=O)N3)nc3sc(N)nc3c2cc1C(N)=O. The van der Waals surface area contributed by atoms with Gasteiger partial charge in [0.1, 0.15) is 21.9 Å². The zero-order chi connectivity index (χ0) is 19.1. The number of ether oxygens (including phenoxy) is 1. The molecule has 6 N–H and O–H groups in total. The molecule has 3 heterocycles. The van der Waals surface area contributed by atoms with Crippen molar-refractivity contribution >= 4 is 55.2 Å². The van der Waals surface area contributed by atoms with Gasteiger partial charge in [-0.15, -0.1) is 0 Å². The number of nitrogens with one attached hydrogen (secondary N) is 2.